The van der Waals surface area contributed by atoms with Gasteiger partial charge in [-0.3, -0.25) is 4.79 Å². The number of hydrogen-bond acceptors (Lipinski definition) is 3. The lowest BCUT2D eigenvalue weighted by molar-refractivity contribution is 0.0921. The normalized spacial score (nSPS) is 24.6. The number of carbonyl (C=O) groups is 1. The van der Waals surface area contributed by atoms with E-state index in [1.54, 1.807) is 6.07 Å². The fourth-order valence-electron chi connectivity index (χ4n) is 2.44. The van der Waals surface area contributed by atoms with Crippen molar-refractivity contribution in [1.82, 2.24) is 5.32 Å². The Morgan fingerprint density at radius 2 is 2.41 bits per heavy atom. The first kappa shape index (κ1) is 12.2. The van der Waals surface area contributed by atoms with E-state index in [0.29, 0.717) is 29.8 Å². The minimum atomic E-state index is -0.0486. The number of furan rings is 1. The minimum absolute atomic E-state index is 0.0486. The maximum atomic E-state index is 11.9. The highest BCUT2D eigenvalue weighted by Crippen LogP contribution is 2.23. The van der Waals surface area contributed by atoms with Crippen LogP contribution in [-0.2, 0) is 6.54 Å². The Labute approximate surface area is 102 Å². The van der Waals surface area contributed by atoms with Gasteiger partial charge in [0.25, 0.3) is 5.91 Å². The summed E-state index contributed by atoms with van der Waals surface area (Å²) in [6.45, 7) is 2.57. The standard InChI is InChI=1S/C13H20N2O2/c1-9-3-2-4-11(5-9)15-13(16)10-6-12(7-14)17-8-10/h6,8-9,11H,2-5,7,14H2,1H3,(H,15,16). The molecule has 0 bridgehead atoms. The molecule has 17 heavy (non-hydrogen) atoms. The number of carbonyl (C=O) groups excluding carboxylic acids is 1. The van der Waals surface area contributed by atoms with Crippen molar-refractivity contribution in [3.8, 4) is 0 Å². The minimum Gasteiger partial charge on any atom is -0.467 e. The Hall–Kier alpha value is -1.29. The molecule has 4 nitrogen and oxygen atoms in total. The second-order valence-electron chi connectivity index (χ2n) is 4.95. The Kier molecular flexibility index (Phi) is 3.84. The van der Waals surface area contributed by atoms with Crippen LogP contribution >= 0.6 is 0 Å². The van der Waals surface area contributed by atoms with Crippen LogP contribution in [0.15, 0.2) is 16.7 Å². The van der Waals surface area contributed by atoms with Crippen molar-refractivity contribution in [2.45, 2.75) is 45.2 Å². The molecule has 0 aliphatic heterocycles. The first-order valence-corrected chi connectivity index (χ1v) is 6.27. The molecule has 4 heteroatoms. The average Bonchev–Trinajstić information content (AvgIpc) is 2.77. The highest BCUT2D eigenvalue weighted by atomic mass is 16.3. The highest BCUT2D eigenvalue weighted by molar-refractivity contribution is 5.94. The topological polar surface area (TPSA) is 68.3 Å². The summed E-state index contributed by atoms with van der Waals surface area (Å²) in [5.41, 5.74) is 6.01. The summed E-state index contributed by atoms with van der Waals surface area (Å²) in [7, 11) is 0. The van der Waals surface area contributed by atoms with Crippen molar-refractivity contribution >= 4 is 5.91 Å². The van der Waals surface area contributed by atoms with Gasteiger partial charge < -0.3 is 15.5 Å². The molecular weight excluding hydrogens is 216 g/mol. The lowest BCUT2D eigenvalue weighted by Crippen LogP contribution is -2.37. The average molecular weight is 236 g/mol. The molecule has 1 heterocycles. The molecule has 3 N–H and O–H groups in total. The van der Waals surface area contributed by atoms with Crippen molar-refractivity contribution in [2.24, 2.45) is 11.7 Å². The first-order valence-electron chi connectivity index (χ1n) is 6.27. The van der Waals surface area contributed by atoms with E-state index in [2.05, 4.69) is 12.2 Å². The summed E-state index contributed by atoms with van der Waals surface area (Å²) >= 11 is 0. The summed E-state index contributed by atoms with van der Waals surface area (Å²) in [6, 6.07) is 2.02. The van der Waals surface area contributed by atoms with Gasteiger partial charge >= 0.3 is 0 Å². The van der Waals surface area contributed by atoms with Crippen LogP contribution in [0.2, 0.25) is 0 Å². The van der Waals surface area contributed by atoms with Crippen LogP contribution in [-0.4, -0.2) is 11.9 Å². The van der Waals surface area contributed by atoms with Gasteiger partial charge in [0.2, 0.25) is 0 Å². The second kappa shape index (κ2) is 5.36. The van der Waals surface area contributed by atoms with E-state index in [1.165, 1.54) is 19.1 Å². The lowest BCUT2D eigenvalue weighted by Gasteiger charge is -2.27. The van der Waals surface area contributed by atoms with Crippen molar-refractivity contribution in [2.75, 3.05) is 0 Å². The molecule has 1 aliphatic rings. The summed E-state index contributed by atoms with van der Waals surface area (Å²) < 4.78 is 5.16. The van der Waals surface area contributed by atoms with Crippen LogP contribution in [0, 0.1) is 5.92 Å². The number of nitrogens with one attached hydrogen (secondary N) is 1. The highest BCUT2D eigenvalue weighted by Gasteiger charge is 2.21. The molecule has 1 aliphatic carbocycles. The smallest absolute Gasteiger partial charge is 0.254 e. The quantitative estimate of drug-likeness (QED) is 0.844. The fraction of sp³-hybridized carbons (Fsp3) is 0.615. The largest absolute Gasteiger partial charge is 0.467 e. The van der Waals surface area contributed by atoms with Crippen LogP contribution in [0.3, 0.4) is 0 Å². The molecule has 0 spiro atoms. The summed E-state index contributed by atoms with van der Waals surface area (Å²) in [5.74, 6) is 1.30. The van der Waals surface area contributed by atoms with Crippen LogP contribution in [0.4, 0.5) is 0 Å². The molecule has 1 aromatic rings. The van der Waals surface area contributed by atoms with Crippen LogP contribution in [0.25, 0.3) is 0 Å². The molecule has 1 fully saturated rings. The predicted molar refractivity (Wildman–Crippen MR) is 65.5 cm³/mol. The van der Waals surface area contributed by atoms with E-state index < -0.39 is 0 Å². The third-order valence-corrected chi connectivity index (χ3v) is 3.39. The van der Waals surface area contributed by atoms with Gasteiger partial charge in [-0.1, -0.05) is 19.8 Å². The molecule has 2 unspecified atom stereocenters. The van der Waals surface area contributed by atoms with E-state index in [1.807, 2.05) is 0 Å². The number of amides is 1. The molecule has 2 rings (SSSR count). The lowest BCUT2D eigenvalue weighted by atomic mass is 9.87. The first-order chi connectivity index (χ1) is 8.19. The summed E-state index contributed by atoms with van der Waals surface area (Å²) in [4.78, 5) is 11.9. The second-order valence-corrected chi connectivity index (χ2v) is 4.95. The third-order valence-electron chi connectivity index (χ3n) is 3.39. The van der Waals surface area contributed by atoms with Gasteiger partial charge in [0, 0.05) is 6.04 Å². The van der Waals surface area contributed by atoms with E-state index in [4.69, 9.17) is 10.2 Å². The van der Waals surface area contributed by atoms with Crippen molar-refractivity contribution in [3.05, 3.63) is 23.7 Å². The molecule has 94 valence electrons. The molecule has 2 atom stereocenters. The summed E-state index contributed by atoms with van der Waals surface area (Å²) in [6.07, 6.45) is 6.11. The zero-order valence-corrected chi connectivity index (χ0v) is 10.2. The maximum absolute atomic E-state index is 11.9. The van der Waals surface area contributed by atoms with Crippen molar-refractivity contribution in [1.29, 1.82) is 0 Å². The third kappa shape index (κ3) is 3.09. The number of hydrogen-bond donors (Lipinski definition) is 2. The Morgan fingerprint density at radius 1 is 1.59 bits per heavy atom. The van der Waals surface area contributed by atoms with Crippen LogP contribution in [0.1, 0.15) is 48.7 Å². The van der Waals surface area contributed by atoms with E-state index in [0.717, 1.165) is 12.8 Å². The Bertz CT molecular complexity index is 387. The summed E-state index contributed by atoms with van der Waals surface area (Å²) in [5, 5.41) is 3.06. The maximum Gasteiger partial charge on any atom is 0.254 e. The molecule has 0 radical (unpaired) electrons. The van der Waals surface area contributed by atoms with Crippen LogP contribution < -0.4 is 11.1 Å². The predicted octanol–water partition coefficient (Wildman–Crippen LogP) is 2.05. The molecular formula is C13H20N2O2. The molecule has 0 aromatic carbocycles. The van der Waals surface area contributed by atoms with Crippen LogP contribution in [0.5, 0.6) is 0 Å². The molecule has 1 saturated carbocycles. The van der Waals surface area contributed by atoms with Crippen molar-refractivity contribution in [3.63, 3.8) is 0 Å². The Balaban J connectivity index is 1.92. The SMILES string of the molecule is CC1CCCC(NC(=O)c2coc(CN)c2)C1. The molecule has 1 aromatic heterocycles. The fourth-order valence-corrected chi connectivity index (χ4v) is 2.44. The monoisotopic (exact) mass is 236 g/mol. The van der Waals surface area contributed by atoms with E-state index >= 15 is 0 Å². The molecule has 0 saturated heterocycles. The number of rotatable bonds is 3. The Morgan fingerprint density at radius 3 is 3.06 bits per heavy atom. The molecule has 1 amide bonds. The van der Waals surface area contributed by atoms with E-state index in [9.17, 15) is 4.79 Å². The van der Waals surface area contributed by atoms with Crippen molar-refractivity contribution < 1.29 is 9.21 Å². The van der Waals surface area contributed by atoms with E-state index in [-0.39, 0.29) is 5.91 Å². The van der Waals surface area contributed by atoms with Gasteiger partial charge in [-0.2, -0.15) is 0 Å². The van der Waals surface area contributed by atoms with Gasteiger partial charge in [-0.05, 0) is 24.8 Å². The van der Waals surface area contributed by atoms with Gasteiger partial charge in [0.15, 0.2) is 0 Å². The zero-order valence-electron chi connectivity index (χ0n) is 10.2. The van der Waals surface area contributed by atoms with Gasteiger partial charge in [0.05, 0.1) is 12.1 Å². The van der Waals surface area contributed by atoms with Gasteiger partial charge in [0.1, 0.15) is 12.0 Å². The zero-order chi connectivity index (χ0) is 12.3. The van der Waals surface area contributed by atoms with Gasteiger partial charge in [-0.15, -0.1) is 0 Å². The number of nitrogens with two attached hydrogens (primary N) is 1. The van der Waals surface area contributed by atoms with Gasteiger partial charge in [-0.25, -0.2) is 0 Å².